The van der Waals surface area contributed by atoms with E-state index in [0.717, 1.165) is 25.7 Å². The smallest absolute Gasteiger partial charge is 0.306 e. The van der Waals surface area contributed by atoms with Crippen LogP contribution < -0.4 is 0 Å². The molecule has 2 rings (SSSR count). The maximum Gasteiger partial charge on any atom is 0.306 e. The normalized spacial score (nSPS) is 45.2. The van der Waals surface area contributed by atoms with Gasteiger partial charge in [0.1, 0.15) is 6.10 Å². The van der Waals surface area contributed by atoms with Crippen LogP contribution in [0.25, 0.3) is 0 Å². The van der Waals surface area contributed by atoms with E-state index in [4.69, 9.17) is 4.74 Å². The van der Waals surface area contributed by atoms with Crippen LogP contribution in [0.4, 0.5) is 0 Å². The van der Waals surface area contributed by atoms with E-state index in [0.29, 0.717) is 6.42 Å². The molecule has 0 amide bonds. The topological polar surface area (TPSA) is 46.5 Å². The molecule has 1 N–H and O–H groups in total. The highest BCUT2D eigenvalue weighted by atomic mass is 16.6. The second kappa shape index (κ2) is 2.98. The summed E-state index contributed by atoms with van der Waals surface area (Å²) in [5.41, 5.74) is 0.0333. The minimum Gasteiger partial charge on any atom is -0.459 e. The van der Waals surface area contributed by atoms with Crippen molar-refractivity contribution in [1.29, 1.82) is 0 Å². The third kappa shape index (κ3) is 1.46. The Bertz CT molecular complexity index is 226. The van der Waals surface area contributed by atoms with Gasteiger partial charge in [-0.05, 0) is 19.3 Å². The second-order valence-corrected chi connectivity index (χ2v) is 4.52. The van der Waals surface area contributed by atoms with Crippen molar-refractivity contribution in [3.05, 3.63) is 0 Å². The average Bonchev–Trinajstić information content (AvgIpc) is 2.08. The van der Waals surface area contributed by atoms with Crippen molar-refractivity contribution in [2.45, 2.75) is 51.2 Å². The average molecular weight is 184 g/mol. The molecule has 74 valence electrons. The zero-order valence-corrected chi connectivity index (χ0v) is 7.95. The standard InChI is InChI=1S/C10H16O3/c1-10-5-2-3-7(11)9(10)13-8(12)4-6-10/h7,9,11H,2-6H2,1H3/t7-,9?,10+/m1/s1. The van der Waals surface area contributed by atoms with E-state index in [1.54, 1.807) is 0 Å². The Morgan fingerprint density at radius 1 is 1.54 bits per heavy atom. The largest absolute Gasteiger partial charge is 0.459 e. The van der Waals surface area contributed by atoms with Gasteiger partial charge in [0.2, 0.25) is 0 Å². The van der Waals surface area contributed by atoms with E-state index >= 15 is 0 Å². The fourth-order valence-corrected chi connectivity index (χ4v) is 2.55. The number of ether oxygens (including phenoxy) is 1. The van der Waals surface area contributed by atoms with E-state index < -0.39 is 6.10 Å². The van der Waals surface area contributed by atoms with Crippen LogP contribution in [0.3, 0.4) is 0 Å². The molecular weight excluding hydrogens is 168 g/mol. The molecule has 1 unspecified atom stereocenters. The second-order valence-electron chi connectivity index (χ2n) is 4.52. The highest BCUT2D eigenvalue weighted by Crippen LogP contribution is 2.44. The van der Waals surface area contributed by atoms with Crippen molar-refractivity contribution in [1.82, 2.24) is 0 Å². The van der Waals surface area contributed by atoms with Crippen molar-refractivity contribution in [2.24, 2.45) is 5.41 Å². The van der Waals surface area contributed by atoms with Crippen molar-refractivity contribution in [3.8, 4) is 0 Å². The highest BCUT2D eigenvalue weighted by molar-refractivity contribution is 5.70. The summed E-state index contributed by atoms with van der Waals surface area (Å²) in [6.45, 7) is 2.12. The van der Waals surface area contributed by atoms with Crippen LogP contribution in [-0.4, -0.2) is 23.3 Å². The van der Waals surface area contributed by atoms with Crippen molar-refractivity contribution in [3.63, 3.8) is 0 Å². The SMILES string of the molecule is C[C@@]12CCC[C@@H](O)C1OC(=O)CC2. The number of aliphatic hydroxyl groups excluding tert-OH is 1. The maximum absolute atomic E-state index is 11.1. The summed E-state index contributed by atoms with van der Waals surface area (Å²) in [4.78, 5) is 11.1. The van der Waals surface area contributed by atoms with E-state index in [2.05, 4.69) is 6.92 Å². The van der Waals surface area contributed by atoms with Crippen LogP contribution >= 0.6 is 0 Å². The Morgan fingerprint density at radius 2 is 2.31 bits per heavy atom. The Balaban J connectivity index is 2.17. The molecule has 3 atom stereocenters. The van der Waals surface area contributed by atoms with Gasteiger partial charge in [-0.25, -0.2) is 0 Å². The molecule has 3 nitrogen and oxygen atoms in total. The van der Waals surface area contributed by atoms with E-state index in [-0.39, 0.29) is 17.5 Å². The Labute approximate surface area is 78.1 Å². The van der Waals surface area contributed by atoms with Crippen LogP contribution in [0.2, 0.25) is 0 Å². The lowest BCUT2D eigenvalue weighted by molar-refractivity contribution is -0.185. The molecule has 0 aromatic rings. The van der Waals surface area contributed by atoms with Gasteiger partial charge in [0.05, 0.1) is 6.10 Å². The number of esters is 1. The van der Waals surface area contributed by atoms with Crippen molar-refractivity contribution < 1.29 is 14.6 Å². The Hall–Kier alpha value is -0.570. The number of carbonyl (C=O) groups is 1. The minimum absolute atomic E-state index is 0.0333. The lowest BCUT2D eigenvalue weighted by Gasteiger charge is -2.46. The van der Waals surface area contributed by atoms with E-state index in [1.165, 1.54) is 0 Å². The van der Waals surface area contributed by atoms with Gasteiger partial charge in [0, 0.05) is 11.8 Å². The van der Waals surface area contributed by atoms with Gasteiger partial charge < -0.3 is 9.84 Å². The Morgan fingerprint density at radius 3 is 3.08 bits per heavy atom. The van der Waals surface area contributed by atoms with Gasteiger partial charge in [-0.1, -0.05) is 13.3 Å². The van der Waals surface area contributed by atoms with Gasteiger partial charge >= 0.3 is 5.97 Å². The molecule has 1 heterocycles. The fourth-order valence-electron chi connectivity index (χ4n) is 2.55. The monoisotopic (exact) mass is 184 g/mol. The number of hydrogen-bond acceptors (Lipinski definition) is 3. The van der Waals surface area contributed by atoms with Crippen LogP contribution in [-0.2, 0) is 9.53 Å². The number of carbonyl (C=O) groups excluding carboxylic acids is 1. The predicted octanol–water partition coefficient (Wildman–Crippen LogP) is 1.24. The summed E-state index contributed by atoms with van der Waals surface area (Å²) in [5, 5.41) is 9.71. The summed E-state index contributed by atoms with van der Waals surface area (Å²) in [5.74, 6) is -0.150. The molecular formula is C10H16O3. The van der Waals surface area contributed by atoms with Crippen molar-refractivity contribution in [2.75, 3.05) is 0 Å². The first-order valence-electron chi connectivity index (χ1n) is 4.99. The fraction of sp³-hybridized carbons (Fsp3) is 0.900. The predicted molar refractivity (Wildman–Crippen MR) is 47.1 cm³/mol. The lowest BCUT2D eigenvalue weighted by atomic mass is 9.68. The van der Waals surface area contributed by atoms with Gasteiger partial charge in [-0.15, -0.1) is 0 Å². The molecule has 2 fully saturated rings. The van der Waals surface area contributed by atoms with E-state index in [1.807, 2.05) is 0 Å². The third-order valence-corrected chi connectivity index (χ3v) is 3.44. The van der Waals surface area contributed by atoms with Gasteiger partial charge in [-0.3, -0.25) is 4.79 Å². The first-order chi connectivity index (χ1) is 6.12. The quantitative estimate of drug-likeness (QED) is 0.576. The molecule has 0 radical (unpaired) electrons. The molecule has 1 aliphatic heterocycles. The number of hydrogen-bond donors (Lipinski definition) is 1. The van der Waals surface area contributed by atoms with Crippen molar-refractivity contribution >= 4 is 5.97 Å². The molecule has 1 aliphatic carbocycles. The zero-order chi connectivity index (χ0) is 9.47. The number of fused-ring (bicyclic) bond motifs is 1. The molecule has 0 spiro atoms. The van der Waals surface area contributed by atoms with Crippen LogP contribution in [0.5, 0.6) is 0 Å². The third-order valence-electron chi connectivity index (χ3n) is 3.44. The first kappa shape index (κ1) is 9.00. The van der Waals surface area contributed by atoms with Gasteiger partial charge in [0.25, 0.3) is 0 Å². The minimum atomic E-state index is -0.442. The molecule has 0 aromatic carbocycles. The zero-order valence-electron chi connectivity index (χ0n) is 7.95. The maximum atomic E-state index is 11.1. The van der Waals surface area contributed by atoms with Crippen LogP contribution in [0, 0.1) is 5.41 Å². The summed E-state index contributed by atoms with van der Waals surface area (Å²) in [6, 6.07) is 0. The Kier molecular flexibility index (Phi) is 2.06. The molecule has 3 heteroatoms. The van der Waals surface area contributed by atoms with Crippen LogP contribution in [0.1, 0.15) is 39.0 Å². The van der Waals surface area contributed by atoms with Gasteiger partial charge in [0.15, 0.2) is 0 Å². The number of aliphatic hydroxyl groups is 1. The molecule has 0 bridgehead atoms. The molecule has 0 aromatic heterocycles. The first-order valence-corrected chi connectivity index (χ1v) is 4.99. The lowest BCUT2D eigenvalue weighted by Crippen LogP contribution is -2.50. The molecule has 1 saturated carbocycles. The summed E-state index contributed by atoms with van der Waals surface area (Å²) in [7, 11) is 0. The summed E-state index contributed by atoms with van der Waals surface area (Å²) in [6.07, 6.45) is 3.58. The van der Waals surface area contributed by atoms with Gasteiger partial charge in [-0.2, -0.15) is 0 Å². The van der Waals surface area contributed by atoms with E-state index in [9.17, 15) is 9.90 Å². The summed E-state index contributed by atoms with van der Waals surface area (Å²) < 4.78 is 5.22. The molecule has 2 aliphatic rings. The highest BCUT2D eigenvalue weighted by Gasteiger charge is 2.46. The number of rotatable bonds is 0. The molecule has 13 heavy (non-hydrogen) atoms. The summed E-state index contributed by atoms with van der Waals surface area (Å²) >= 11 is 0. The molecule has 1 saturated heterocycles. The van der Waals surface area contributed by atoms with Crippen LogP contribution in [0.15, 0.2) is 0 Å².